The van der Waals surface area contributed by atoms with Crippen LogP contribution < -0.4 is 10.2 Å². The summed E-state index contributed by atoms with van der Waals surface area (Å²) in [5.74, 6) is 0.169. The molecule has 4 N–H and O–H groups in total. The summed E-state index contributed by atoms with van der Waals surface area (Å²) in [6, 6.07) is 13.1. The molecule has 152 valence electrons. The maximum Gasteiger partial charge on any atom is 0.202 e. The van der Waals surface area contributed by atoms with Gasteiger partial charge < -0.3 is 34.3 Å². The van der Waals surface area contributed by atoms with Gasteiger partial charge in [0, 0.05) is 30.2 Å². The van der Waals surface area contributed by atoms with Crippen molar-refractivity contribution in [1.82, 2.24) is 0 Å². The zero-order chi connectivity index (χ0) is 20.5. The molecule has 4 unspecified atom stereocenters. The van der Waals surface area contributed by atoms with Crippen LogP contribution in [0.25, 0.3) is 22.3 Å². The fourth-order valence-electron chi connectivity index (χ4n) is 3.35. The van der Waals surface area contributed by atoms with E-state index in [0.717, 1.165) is 0 Å². The first-order valence-corrected chi connectivity index (χ1v) is 9.11. The molecular formula is C21H20O8. The van der Waals surface area contributed by atoms with Crippen molar-refractivity contribution in [2.75, 3.05) is 6.61 Å². The van der Waals surface area contributed by atoms with Crippen molar-refractivity contribution in [3.8, 4) is 22.8 Å². The predicted molar refractivity (Wildman–Crippen MR) is 103 cm³/mol. The Balaban J connectivity index is 1.68. The van der Waals surface area contributed by atoms with Crippen molar-refractivity contribution in [3.05, 3.63) is 58.8 Å². The molecule has 8 heteroatoms. The van der Waals surface area contributed by atoms with Gasteiger partial charge in [0.15, 0.2) is 5.43 Å². The van der Waals surface area contributed by atoms with Gasteiger partial charge in [-0.3, -0.25) is 4.79 Å². The van der Waals surface area contributed by atoms with E-state index in [2.05, 4.69) is 0 Å². The highest BCUT2D eigenvalue weighted by molar-refractivity contribution is 5.86. The van der Waals surface area contributed by atoms with Crippen molar-refractivity contribution >= 4 is 11.0 Å². The van der Waals surface area contributed by atoms with Crippen molar-refractivity contribution in [2.24, 2.45) is 0 Å². The molecule has 0 radical (unpaired) electrons. The SMILES string of the molecule is O=c1cc(-c2ccccc2)oc2cc(OC3CC(O)C(O)C(CO)O3)cc(O)c12. The number of rotatable bonds is 4. The van der Waals surface area contributed by atoms with Gasteiger partial charge in [-0.1, -0.05) is 30.3 Å². The fourth-order valence-corrected chi connectivity index (χ4v) is 3.35. The maximum absolute atomic E-state index is 12.5. The average Bonchev–Trinajstić information content (AvgIpc) is 2.70. The van der Waals surface area contributed by atoms with Gasteiger partial charge in [-0.15, -0.1) is 0 Å². The number of aliphatic hydroxyl groups excluding tert-OH is 3. The monoisotopic (exact) mass is 400 g/mol. The Labute approximate surface area is 165 Å². The highest BCUT2D eigenvalue weighted by atomic mass is 16.7. The third kappa shape index (κ3) is 3.83. The largest absolute Gasteiger partial charge is 0.507 e. The lowest BCUT2D eigenvalue weighted by molar-refractivity contribution is -0.229. The summed E-state index contributed by atoms with van der Waals surface area (Å²) in [6.45, 7) is -0.490. The topological polar surface area (TPSA) is 130 Å². The van der Waals surface area contributed by atoms with Crippen LogP contribution in [-0.2, 0) is 4.74 Å². The van der Waals surface area contributed by atoms with Crippen LogP contribution in [0.4, 0.5) is 0 Å². The first kappa shape index (κ1) is 19.4. The molecule has 1 aliphatic heterocycles. The molecule has 4 atom stereocenters. The molecule has 1 aliphatic rings. The average molecular weight is 400 g/mol. The highest BCUT2D eigenvalue weighted by Crippen LogP contribution is 2.32. The first-order chi connectivity index (χ1) is 14.0. The van der Waals surface area contributed by atoms with E-state index in [1.54, 1.807) is 12.1 Å². The van der Waals surface area contributed by atoms with Crippen LogP contribution in [0.1, 0.15) is 6.42 Å². The quantitative estimate of drug-likeness (QED) is 0.517. The molecule has 1 saturated heterocycles. The molecular weight excluding hydrogens is 380 g/mol. The van der Waals surface area contributed by atoms with E-state index in [1.807, 2.05) is 18.2 Å². The smallest absolute Gasteiger partial charge is 0.202 e. The molecule has 4 rings (SSSR count). The van der Waals surface area contributed by atoms with Crippen LogP contribution in [-0.4, -0.2) is 51.6 Å². The van der Waals surface area contributed by atoms with Gasteiger partial charge in [-0.2, -0.15) is 0 Å². The summed E-state index contributed by atoms with van der Waals surface area (Å²) in [5, 5.41) is 39.3. The molecule has 2 aromatic carbocycles. The van der Waals surface area contributed by atoms with Crippen LogP contribution in [0, 0.1) is 0 Å². The Hall–Kier alpha value is -2.91. The van der Waals surface area contributed by atoms with Gasteiger partial charge in [0.25, 0.3) is 0 Å². The molecule has 0 saturated carbocycles. The van der Waals surface area contributed by atoms with Crippen LogP contribution in [0.15, 0.2) is 57.7 Å². The molecule has 2 heterocycles. The second kappa shape index (κ2) is 7.84. The Bertz CT molecular complexity index is 1060. The molecule has 0 amide bonds. The maximum atomic E-state index is 12.5. The lowest BCUT2D eigenvalue weighted by atomic mass is 10.0. The second-order valence-electron chi connectivity index (χ2n) is 6.85. The number of hydrogen-bond donors (Lipinski definition) is 4. The number of fused-ring (bicyclic) bond motifs is 1. The van der Waals surface area contributed by atoms with E-state index in [0.29, 0.717) is 11.3 Å². The predicted octanol–water partition coefficient (Wildman–Crippen LogP) is 1.37. The molecule has 0 spiro atoms. The summed E-state index contributed by atoms with van der Waals surface area (Å²) in [6.07, 6.45) is -4.37. The summed E-state index contributed by atoms with van der Waals surface area (Å²) in [4.78, 5) is 12.5. The van der Waals surface area contributed by atoms with E-state index in [4.69, 9.17) is 13.9 Å². The summed E-state index contributed by atoms with van der Waals surface area (Å²) < 4.78 is 16.9. The van der Waals surface area contributed by atoms with Gasteiger partial charge in [0.05, 0.1) is 12.7 Å². The zero-order valence-corrected chi connectivity index (χ0v) is 15.3. The van der Waals surface area contributed by atoms with Gasteiger partial charge in [-0.25, -0.2) is 0 Å². The van der Waals surface area contributed by atoms with E-state index >= 15 is 0 Å². The Morgan fingerprint density at radius 3 is 2.59 bits per heavy atom. The molecule has 3 aromatic rings. The Morgan fingerprint density at radius 1 is 1.10 bits per heavy atom. The minimum atomic E-state index is -1.23. The second-order valence-corrected chi connectivity index (χ2v) is 6.85. The van der Waals surface area contributed by atoms with E-state index in [9.17, 15) is 25.2 Å². The molecule has 1 aromatic heterocycles. The lowest BCUT2D eigenvalue weighted by Gasteiger charge is -2.36. The minimum absolute atomic E-state index is 0.0188. The standard InChI is InChI=1S/C21H20O8/c22-10-18-21(26)15(25)9-19(29-18)27-12-6-13(23)20-14(24)8-16(28-17(20)7-12)11-4-2-1-3-5-11/h1-8,15,18-19,21-23,25-26H,9-10H2. The number of ether oxygens (including phenoxy) is 2. The summed E-state index contributed by atoms with van der Waals surface area (Å²) >= 11 is 0. The Kier molecular flexibility index (Phi) is 5.25. The van der Waals surface area contributed by atoms with Gasteiger partial charge >= 0.3 is 0 Å². The number of aromatic hydroxyl groups is 1. The van der Waals surface area contributed by atoms with Gasteiger partial charge in [-0.05, 0) is 0 Å². The van der Waals surface area contributed by atoms with E-state index < -0.39 is 36.6 Å². The van der Waals surface area contributed by atoms with Gasteiger partial charge in [0.2, 0.25) is 6.29 Å². The van der Waals surface area contributed by atoms with Crippen LogP contribution >= 0.6 is 0 Å². The first-order valence-electron chi connectivity index (χ1n) is 9.11. The van der Waals surface area contributed by atoms with E-state index in [1.165, 1.54) is 18.2 Å². The van der Waals surface area contributed by atoms with Crippen molar-refractivity contribution in [3.63, 3.8) is 0 Å². The fraction of sp³-hybridized carbons (Fsp3) is 0.286. The zero-order valence-electron chi connectivity index (χ0n) is 15.3. The number of hydrogen-bond acceptors (Lipinski definition) is 8. The highest BCUT2D eigenvalue weighted by Gasteiger charge is 2.37. The number of phenolic OH excluding ortho intramolecular Hbond substituents is 1. The van der Waals surface area contributed by atoms with Crippen LogP contribution in [0.5, 0.6) is 11.5 Å². The molecule has 8 nitrogen and oxygen atoms in total. The van der Waals surface area contributed by atoms with E-state index in [-0.39, 0.29) is 28.9 Å². The summed E-state index contributed by atoms with van der Waals surface area (Å²) in [7, 11) is 0. The van der Waals surface area contributed by atoms with Crippen molar-refractivity contribution in [2.45, 2.75) is 31.0 Å². The number of aliphatic hydroxyl groups is 3. The summed E-state index contributed by atoms with van der Waals surface area (Å²) in [5.41, 5.74) is 0.430. The normalized spacial score (nSPS) is 24.5. The van der Waals surface area contributed by atoms with Crippen molar-refractivity contribution < 1.29 is 34.3 Å². The van der Waals surface area contributed by atoms with Crippen molar-refractivity contribution in [1.29, 1.82) is 0 Å². The third-order valence-electron chi connectivity index (χ3n) is 4.82. The Morgan fingerprint density at radius 2 is 1.86 bits per heavy atom. The minimum Gasteiger partial charge on any atom is -0.507 e. The van der Waals surface area contributed by atoms with Crippen LogP contribution in [0.2, 0.25) is 0 Å². The van der Waals surface area contributed by atoms with Gasteiger partial charge in [0.1, 0.15) is 40.4 Å². The molecule has 0 bridgehead atoms. The third-order valence-corrected chi connectivity index (χ3v) is 4.82. The lowest BCUT2D eigenvalue weighted by Crippen LogP contribution is -2.51. The number of benzene rings is 2. The van der Waals surface area contributed by atoms with Crippen LogP contribution in [0.3, 0.4) is 0 Å². The molecule has 1 fully saturated rings. The molecule has 0 aliphatic carbocycles. The molecule has 29 heavy (non-hydrogen) atoms. The number of phenols is 1.